The number of rotatable bonds is 6. The van der Waals surface area contributed by atoms with E-state index in [4.69, 9.17) is 4.74 Å². The largest absolute Gasteiger partial charge is 0.495 e. The first-order valence-corrected chi connectivity index (χ1v) is 7.34. The Kier molecular flexibility index (Phi) is 5.42. The SMILES string of the molecule is COc1ccccc1NCCC(=O)Nc1cccc(C)c1C. The lowest BCUT2D eigenvalue weighted by molar-refractivity contribution is -0.115. The number of anilines is 2. The minimum atomic E-state index is -0.00361. The molecule has 2 N–H and O–H groups in total. The van der Waals surface area contributed by atoms with Crippen LogP contribution in [-0.4, -0.2) is 19.6 Å². The summed E-state index contributed by atoms with van der Waals surface area (Å²) in [6.45, 7) is 4.60. The van der Waals surface area contributed by atoms with Crippen molar-refractivity contribution in [2.24, 2.45) is 0 Å². The van der Waals surface area contributed by atoms with Crippen LogP contribution in [0.15, 0.2) is 42.5 Å². The van der Waals surface area contributed by atoms with Crippen molar-refractivity contribution in [1.29, 1.82) is 0 Å². The molecule has 0 radical (unpaired) electrons. The standard InChI is InChI=1S/C18H22N2O2/c1-13-7-6-9-15(14(13)2)20-18(21)11-12-19-16-8-4-5-10-17(16)22-3/h4-10,19H,11-12H2,1-3H3,(H,20,21). The Morgan fingerprint density at radius 1 is 1.05 bits per heavy atom. The zero-order valence-electron chi connectivity index (χ0n) is 13.3. The van der Waals surface area contributed by atoms with Crippen molar-refractivity contribution in [3.63, 3.8) is 0 Å². The lowest BCUT2D eigenvalue weighted by Crippen LogP contribution is -2.17. The predicted octanol–water partition coefficient (Wildman–Crippen LogP) is 3.75. The van der Waals surface area contributed by atoms with Crippen LogP contribution < -0.4 is 15.4 Å². The zero-order valence-corrected chi connectivity index (χ0v) is 13.3. The maximum atomic E-state index is 12.0. The highest BCUT2D eigenvalue weighted by atomic mass is 16.5. The van der Waals surface area contributed by atoms with Crippen LogP contribution in [-0.2, 0) is 4.79 Å². The molecule has 0 bridgehead atoms. The molecular formula is C18H22N2O2. The van der Waals surface area contributed by atoms with Crippen LogP contribution >= 0.6 is 0 Å². The number of carbonyl (C=O) groups is 1. The fourth-order valence-corrected chi connectivity index (χ4v) is 2.20. The number of benzene rings is 2. The van der Waals surface area contributed by atoms with Gasteiger partial charge in [-0.25, -0.2) is 0 Å². The maximum Gasteiger partial charge on any atom is 0.226 e. The quantitative estimate of drug-likeness (QED) is 0.854. The topological polar surface area (TPSA) is 50.4 Å². The number of hydrogen-bond acceptors (Lipinski definition) is 3. The van der Waals surface area contributed by atoms with E-state index in [1.54, 1.807) is 7.11 Å². The second kappa shape index (κ2) is 7.50. The summed E-state index contributed by atoms with van der Waals surface area (Å²) >= 11 is 0. The average molecular weight is 298 g/mol. The summed E-state index contributed by atoms with van der Waals surface area (Å²) in [5, 5.41) is 6.18. The van der Waals surface area contributed by atoms with E-state index in [0.717, 1.165) is 22.7 Å². The van der Waals surface area contributed by atoms with Crippen LogP contribution in [0, 0.1) is 13.8 Å². The molecule has 0 atom stereocenters. The van der Waals surface area contributed by atoms with Crippen LogP contribution in [0.25, 0.3) is 0 Å². The van der Waals surface area contributed by atoms with Crippen LogP contribution in [0.5, 0.6) is 5.75 Å². The van der Waals surface area contributed by atoms with Gasteiger partial charge in [0.15, 0.2) is 0 Å². The lowest BCUT2D eigenvalue weighted by Gasteiger charge is -2.12. The molecule has 0 saturated carbocycles. The van der Waals surface area contributed by atoms with Gasteiger partial charge in [-0.3, -0.25) is 4.79 Å². The highest BCUT2D eigenvalue weighted by Crippen LogP contribution is 2.23. The summed E-state index contributed by atoms with van der Waals surface area (Å²) in [5.41, 5.74) is 4.05. The molecule has 0 fully saturated rings. The van der Waals surface area contributed by atoms with Gasteiger partial charge in [0.2, 0.25) is 5.91 Å². The van der Waals surface area contributed by atoms with Gasteiger partial charge in [-0.05, 0) is 43.2 Å². The van der Waals surface area contributed by atoms with Gasteiger partial charge in [0.05, 0.1) is 12.8 Å². The lowest BCUT2D eigenvalue weighted by atomic mass is 10.1. The second-order valence-electron chi connectivity index (χ2n) is 5.17. The smallest absolute Gasteiger partial charge is 0.226 e. The van der Waals surface area contributed by atoms with E-state index in [0.29, 0.717) is 13.0 Å². The molecule has 116 valence electrons. The molecule has 4 heteroatoms. The molecule has 0 saturated heterocycles. The van der Waals surface area contributed by atoms with Crippen LogP contribution in [0.1, 0.15) is 17.5 Å². The van der Waals surface area contributed by atoms with Gasteiger partial charge in [0, 0.05) is 18.7 Å². The van der Waals surface area contributed by atoms with Crippen molar-refractivity contribution in [1.82, 2.24) is 0 Å². The molecule has 2 aromatic rings. The van der Waals surface area contributed by atoms with Gasteiger partial charge in [-0.1, -0.05) is 24.3 Å². The van der Waals surface area contributed by atoms with Crippen molar-refractivity contribution in [3.8, 4) is 5.75 Å². The molecule has 0 aliphatic rings. The van der Waals surface area contributed by atoms with Crippen LogP contribution in [0.2, 0.25) is 0 Å². The summed E-state index contributed by atoms with van der Waals surface area (Å²) in [5.74, 6) is 0.772. The van der Waals surface area contributed by atoms with E-state index in [1.165, 1.54) is 5.56 Å². The minimum Gasteiger partial charge on any atom is -0.495 e. The van der Waals surface area contributed by atoms with E-state index >= 15 is 0 Å². The molecule has 2 rings (SSSR count). The number of ether oxygens (including phenoxy) is 1. The van der Waals surface area contributed by atoms with Crippen molar-refractivity contribution < 1.29 is 9.53 Å². The zero-order chi connectivity index (χ0) is 15.9. The number of para-hydroxylation sites is 2. The number of nitrogens with one attached hydrogen (secondary N) is 2. The molecule has 22 heavy (non-hydrogen) atoms. The summed E-state index contributed by atoms with van der Waals surface area (Å²) < 4.78 is 5.26. The highest BCUT2D eigenvalue weighted by molar-refractivity contribution is 5.92. The molecule has 1 amide bonds. The number of amides is 1. The Morgan fingerprint density at radius 3 is 2.55 bits per heavy atom. The summed E-state index contributed by atoms with van der Waals surface area (Å²) in [7, 11) is 1.63. The average Bonchev–Trinajstić information content (AvgIpc) is 2.52. The first-order valence-electron chi connectivity index (χ1n) is 7.34. The predicted molar refractivity (Wildman–Crippen MR) is 90.6 cm³/mol. The van der Waals surface area contributed by atoms with Crippen molar-refractivity contribution in [2.75, 3.05) is 24.3 Å². The molecule has 0 spiro atoms. The van der Waals surface area contributed by atoms with Crippen LogP contribution in [0.4, 0.5) is 11.4 Å². The normalized spacial score (nSPS) is 10.1. The number of aryl methyl sites for hydroxylation is 1. The number of carbonyl (C=O) groups excluding carboxylic acids is 1. The summed E-state index contributed by atoms with van der Waals surface area (Å²) in [4.78, 5) is 12.0. The van der Waals surface area contributed by atoms with E-state index in [2.05, 4.69) is 10.6 Å². The minimum absolute atomic E-state index is 0.00361. The summed E-state index contributed by atoms with van der Waals surface area (Å²) in [6, 6.07) is 13.6. The van der Waals surface area contributed by atoms with Gasteiger partial charge in [-0.2, -0.15) is 0 Å². The molecule has 0 unspecified atom stereocenters. The third-order valence-corrected chi connectivity index (χ3v) is 3.65. The molecule has 0 aromatic heterocycles. The van der Waals surface area contributed by atoms with E-state index in [1.807, 2.05) is 56.3 Å². The van der Waals surface area contributed by atoms with Crippen molar-refractivity contribution >= 4 is 17.3 Å². The monoisotopic (exact) mass is 298 g/mol. The van der Waals surface area contributed by atoms with Gasteiger partial charge in [0.25, 0.3) is 0 Å². The Bertz CT molecular complexity index is 653. The Labute approximate surface area is 131 Å². The summed E-state index contributed by atoms with van der Waals surface area (Å²) in [6.07, 6.45) is 0.394. The first kappa shape index (κ1) is 15.9. The molecule has 0 aliphatic heterocycles. The molecule has 2 aromatic carbocycles. The van der Waals surface area contributed by atoms with Gasteiger partial charge < -0.3 is 15.4 Å². The maximum absolute atomic E-state index is 12.0. The van der Waals surface area contributed by atoms with Crippen LogP contribution in [0.3, 0.4) is 0 Å². The fourth-order valence-electron chi connectivity index (χ4n) is 2.20. The Hall–Kier alpha value is -2.49. The van der Waals surface area contributed by atoms with Gasteiger partial charge in [-0.15, -0.1) is 0 Å². The van der Waals surface area contributed by atoms with Gasteiger partial charge in [0.1, 0.15) is 5.75 Å². The van der Waals surface area contributed by atoms with Crippen molar-refractivity contribution in [2.45, 2.75) is 20.3 Å². The van der Waals surface area contributed by atoms with E-state index < -0.39 is 0 Å². The van der Waals surface area contributed by atoms with E-state index in [9.17, 15) is 4.79 Å². The molecule has 0 heterocycles. The Morgan fingerprint density at radius 2 is 1.77 bits per heavy atom. The first-order chi connectivity index (χ1) is 10.6. The fraction of sp³-hybridized carbons (Fsp3) is 0.278. The molecule has 4 nitrogen and oxygen atoms in total. The molecule has 0 aliphatic carbocycles. The Balaban J connectivity index is 1.87. The highest BCUT2D eigenvalue weighted by Gasteiger charge is 2.06. The third-order valence-electron chi connectivity index (χ3n) is 3.65. The van der Waals surface area contributed by atoms with Gasteiger partial charge >= 0.3 is 0 Å². The van der Waals surface area contributed by atoms with E-state index in [-0.39, 0.29) is 5.91 Å². The molecular weight excluding hydrogens is 276 g/mol. The third kappa shape index (κ3) is 4.01. The number of hydrogen-bond donors (Lipinski definition) is 2. The number of methoxy groups -OCH3 is 1. The van der Waals surface area contributed by atoms with Crippen molar-refractivity contribution in [3.05, 3.63) is 53.6 Å². The second-order valence-corrected chi connectivity index (χ2v) is 5.17.